The topological polar surface area (TPSA) is 89.1 Å². The molecule has 0 radical (unpaired) electrons. The molecule has 1 aromatic rings. The Morgan fingerprint density at radius 3 is 2.82 bits per heavy atom. The Balaban J connectivity index is 2.55. The quantitative estimate of drug-likeness (QED) is 0.769. The van der Waals surface area contributed by atoms with Crippen LogP contribution in [0.5, 0.6) is 0 Å². The molecule has 1 rings (SSSR count). The monoisotopic (exact) mass is 275 g/mol. The second-order valence-electron chi connectivity index (χ2n) is 4.19. The average molecular weight is 275 g/mol. The molecule has 5 nitrogen and oxygen atoms in total. The van der Waals surface area contributed by atoms with E-state index in [4.69, 9.17) is 10.8 Å². The van der Waals surface area contributed by atoms with E-state index in [9.17, 15) is 4.79 Å². The summed E-state index contributed by atoms with van der Waals surface area (Å²) in [7, 11) is 0. The van der Waals surface area contributed by atoms with Gasteiger partial charge in [-0.2, -0.15) is 4.37 Å². The molecule has 17 heavy (non-hydrogen) atoms. The maximum atomic E-state index is 10.9. The number of carboxylic acids is 1. The van der Waals surface area contributed by atoms with Gasteiger partial charge in [0.05, 0.1) is 0 Å². The lowest BCUT2D eigenvalue weighted by Crippen LogP contribution is -2.46. The zero-order chi connectivity index (χ0) is 13.1. The molecular weight excluding hydrogens is 258 g/mol. The van der Waals surface area contributed by atoms with Gasteiger partial charge in [0.1, 0.15) is 11.4 Å². The summed E-state index contributed by atoms with van der Waals surface area (Å²) in [6.45, 7) is 5.48. The van der Waals surface area contributed by atoms with E-state index in [1.807, 2.05) is 13.8 Å². The second kappa shape index (κ2) is 5.79. The summed E-state index contributed by atoms with van der Waals surface area (Å²) in [5.41, 5.74) is 4.51. The minimum absolute atomic E-state index is 0.0961. The van der Waals surface area contributed by atoms with E-state index in [1.54, 1.807) is 0 Å². The van der Waals surface area contributed by atoms with Crippen molar-refractivity contribution in [3.63, 3.8) is 0 Å². The Labute approximate surface area is 109 Å². The van der Waals surface area contributed by atoms with Gasteiger partial charge in [-0.1, -0.05) is 25.6 Å². The second-order valence-corrected chi connectivity index (χ2v) is 6.62. The normalized spacial score (nSPS) is 16.5. The highest BCUT2D eigenvalue weighted by Crippen LogP contribution is 2.29. The van der Waals surface area contributed by atoms with Crippen LogP contribution >= 0.6 is 23.3 Å². The molecule has 0 aliphatic heterocycles. The highest BCUT2D eigenvalue weighted by molar-refractivity contribution is 8.01. The summed E-state index contributed by atoms with van der Waals surface area (Å²) in [5, 5.41) is 9.03. The van der Waals surface area contributed by atoms with Crippen LogP contribution in [0.4, 0.5) is 0 Å². The molecule has 0 saturated carbocycles. The first-order valence-electron chi connectivity index (χ1n) is 5.36. The fraction of sp³-hybridized carbons (Fsp3) is 0.700. The van der Waals surface area contributed by atoms with Crippen LogP contribution in [-0.4, -0.2) is 31.2 Å². The number of carbonyl (C=O) groups is 1. The first-order valence-corrected chi connectivity index (χ1v) is 7.02. The lowest BCUT2D eigenvalue weighted by Gasteiger charge is -2.22. The first-order chi connectivity index (χ1) is 7.85. The van der Waals surface area contributed by atoms with Crippen molar-refractivity contribution in [1.29, 1.82) is 0 Å². The largest absolute Gasteiger partial charge is 0.480 e. The van der Waals surface area contributed by atoms with Crippen LogP contribution in [0, 0.1) is 0 Å². The number of hydrogen-bond donors (Lipinski definition) is 2. The van der Waals surface area contributed by atoms with Crippen LogP contribution in [0.15, 0.2) is 4.34 Å². The van der Waals surface area contributed by atoms with Crippen molar-refractivity contribution in [2.75, 3.05) is 0 Å². The summed E-state index contributed by atoms with van der Waals surface area (Å²) >= 11 is 2.88. The van der Waals surface area contributed by atoms with Gasteiger partial charge in [0.25, 0.3) is 0 Å². The zero-order valence-corrected chi connectivity index (χ0v) is 11.8. The maximum absolute atomic E-state index is 10.9. The molecule has 0 saturated heterocycles. The van der Waals surface area contributed by atoms with E-state index < -0.39 is 11.5 Å². The molecule has 3 N–H and O–H groups in total. The Morgan fingerprint density at radius 1 is 1.71 bits per heavy atom. The van der Waals surface area contributed by atoms with E-state index >= 15 is 0 Å². The average Bonchev–Trinajstić information content (AvgIpc) is 2.64. The predicted octanol–water partition coefficient (Wildman–Crippen LogP) is 1.77. The van der Waals surface area contributed by atoms with Gasteiger partial charge in [-0.3, -0.25) is 4.79 Å². The van der Waals surface area contributed by atoms with Gasteiger partial charge in [0.15, 0.2) is 4.34 Å². The van der Waals surface area contributed by atoms with Gasteiger partial charge < -0.3 is 10.8 Å². The molecule has 96 valence electrons. The van der Waals surface area contributed by atoms with Gasteiger partial charge in [0.2, 0.25) is 0 Å². The van der Waals surface area contributed by atoms with Crippen LogP contribution in [0.2, 0.25) is 0 Å². The van der Waals surface area contributed by atoms with Gasteiger partial charge >= 0.3 is 5.97 Å². The number of carboxylic acid groups (broad SMARTS) is 1. The third-order valence-electron chi connectivity index (χ3n) is 2.27. The molecule has 0 aromatic carbocycles. The Bertz CT molecular complexity index is 393. The predicted molar refractivity (Wildman–Crippen MR) is 69.5 cm³/mol. The van der Waals surface area contributed by atoms with E-state index in [0.29, 0.717) is 6.42 Å². The fourth-order valence-corrected chi connectivity index (χ4v) is 3.54. The molecule has 2 atom stereocenters. The number of hydrogen-bond acceptors (Lipinski definition) is 6. The fourth-order valence-electron chi connectivity index (χ4n) is 1.33. The summed E-state index contributed by atoms with van der Waals surface area (Å²) in [6.07, 6.45) is 1.21. The van der Waals surface area contributed by atoms with Crippen LogP contribution < -0.4 is 5.73 Å². The van der Waals surface area contributed by atoms with Crippen LogP contribution in [0.25, 0.3) is 0 Å². The zero-order valence-electron chi connectivity index (χ0n) is 10.1. The van der Waals surface area contributed by atoms with Gasteiger partial charge in [-0.05, 0) is 24.9 Å². The summed E-state index contributed by atoms with van der Waals surface area (Å²) < 4.78 is 5.05. The first kappa shape index (κ1) is 14.4. The van der Waals surface area contributed by atoms with E-state index in [1.165, 1.54) is 30.2 Å². The Hall–Kier alpha value is -0.660. The van der Waals surface area contributed by atoms with Crippen molar-refractivity contribution in [2.24, 2.45) is 5.73 Å². The summed E-state index contributed by atoms with van der Waals surface area (Å²) in [5.74, 6) is -0.144. The number of aromatic nitrogens is 2. The van der Waals surface area contributed by atoms with Crippen molar-refractivity contribution in [2.45, 2.75) is 48.7 Å². The van der Waals surface area contributed by atoms with Crippen molar-refractivity contribution < 1.29 is 9.90 Å². The molecule has 0 fully saturated rings. The molecule has 7 heteroatoms. The summed E-state index contributed by atoms with van der Waals surface area (Å²) in [6, 6.07) is 0. The van der Waals surface area contributed by atoms with E-state index in [-0.39, 0.29) is 5.25 Å². The smallest absolute Gasteiger partial charge is 0.323 e. The highest BCUT2D eigenvalue weighted by atomic mass is 32.2. The SMILES string of the molecule is CCc1nsc(SC(C)CC(C)(N)C(=O)O)n1. The van der Waals surface area contributed by atoms with Gasteiger partial charge in [0, 0.05) is 11.7 Å². The van der Waals surface area contributed by atoms with Crippen molar-refractivity contribution in [1.82, 2.24) is 9.36 Å². The minimum atomic E-state index is -1.19. The van der Waals surface area contributed by atoms with Crippen molar-refractivity contribution >= 4 is 29.3 Å². The Morgan fingerprint density at radius 2 is 2.35 bits per heavy atom. The number of aliphatic carboxylic acids is 1. The number of rotatable bonds is 6. The molecule has 0 bridgehead atoms. The minimum Gasteiger partial charge on any atom is -0.480 e. The lowest BCUT2D eigenvalue weighted by atomic mass is 9.98. The Kier molecular flexibility index (Phi) is 4.91. The molecule has 0 spiro atoms. The van der Waals surface area contributed by atoms with Crippen molar-refractivity contribution in [3.05, 3.63) is 5.82 Å². The molecule has 1 heterocycles. The third-order valence-corrected chi connectivity index (χ3v) is 4.19. The molecule has 1 aromatic heterocycles. The maximum Gasteiger partial charge on any atom is 0.323 e. The summed E-state index contributed by atoms with van der Waals surface area (Å²) in [4.78, 5) is 15.2. The number of nitrogens with two attached hydrogens (primary N) is 1. The molecule has 2 unspecified atom stereocenters. The molecule has 0 aliphatic rings. The van der Waals surface area contributed by atoms with Gasteiger partial charge in [-0.15, -0.1) is 0 Å². The van der Waals surface area contributed by atoms with Crippen LogP contribution in [0.3, 0.4) is 0 Å². The van der Waals surface area contributed by atoms with Crippen LogP contribution in [-0.2, 0) is 11.2 Å². The standard InChI is InChI=1S/C10H17N3O2S2/c1-4-7-12-9(17-13-7)16-6(2)5-10(3,11)8(14)15/h6H,4-5,11H2,1-3H3,(H,14,15). The lowest BCUT2D eigenvalue weighted by molar-refractivity contribution is -0.142. The van der Waals surface area contributed by atoms with Crippen LogP contribution in [0.1, 0.15) is 33.0 Å². The number of aryl methyl sites for hydroxylation is 1. The van der Waals surface area contributed by atoms with Crippen molar-refractivity contribution in [3.8, 4) is 0 Å². The third kappa shape index (κ3) is 4.25. The molecule has 0 amide bonds. The molecule has 0 aliphatic carbocycles. The van der Waals surface area contributed by atoms with Gasteiger partial charge in [-0.25, -0.2) is 4.98 Å². The highest BCUT2D eigenvalue weighted by Gasteiger charge is 2.30. The number of nitrogens with zero attached hydrogens (tertiary/aromatic N) is 2. The van der Waals surface area contributed by atoms with E-state index in [0.717, 1.165) is 16.6 Å². The number of thioether (sulfide) groups is 1. The molecular formula is C10H17N3O2S2. The van der Waals surface area contributed by atoms with E-state index in [2.05, 4.69) is 9.36 Å².